The number of benzene rings is 5. The van der Waals surface area contributed by atoms with E-state index >= 15 is 0 Å². The van der Waals surface area contributed by atoms with Crippen LogP contribution < -0.4 is 11.1 Å². The van der Waals surface area contributed by atoms with Gasteiger partial charge in [-0.15, -0.1) is 0 Å². The first-order valence-electron chi connectivity index (χ1n) is 13.5. The molecule has 0 aliphatic heterocycles. The Morgan fingerprint density at radius 1 is 0.525 bits per heavy atom. The van der Waals surface area contributed by atoms with Gasteiger partial charge in [-0.2, -0.15) is 0 Å². The predicted octanol–water partition coefficient (Wildman–Crippen LogP) is 7.58. The molecule has 0 aliphatic carbocycles. The van der Waals surface area contributed by atoms with Gasteiger partial charge < -0.3 is 0 Å². The fourth-order valence-electron chi connectivity index (χ4n) is 7.21. The van der Waals surface area contributed by atoms with Crippen LogP contribution >= 0.6 is 0 Å². The normalized spacial score (nSPS) is 12.7. The van der Waals surface area contributed by atoms with E-state index in [0.29, 0.717) is 10.8 Å². The molecule has 3 heterocycles. The minimum atomic E-state index is -0.247. The number of rotatable bonds is 3. The lowest BCUT2D eigenvalue weighted by molar-refractivity contribution is 0.574. The van der Waals surface area contributed by atoms with Crippen molar-refractivity contribution in [3.05, 3.63) is 106 Å². The molecule has 9 rings (SSSR count). The van der Waals surface area contributed by atoms with Crippen LogP contribution in [0.2, 0.25) is 0 Å². The SMILES string of the molecule is CC(C)n1c(=O)c2c3cc(-c4ccncc4)c4ccc5ccc6c(-c7ccncc7)cc(c2c1=O)c1c6c5c4c31. The molecule has 0 aliphatic rings. The highest BCUT2D eigenvalue weighted by atomic mass is 16.2. The summed E-state index contributed by atoms with van der Waals surface area (Å²) in [5.74, 6) is 0. The topological polar surface area (TPSA) is 64.8 Å². The van der Waals surface area contributed by atoms with Gasteiger partial charge in [-0.05, 0) is 126 Å². The number of aromatic nitrogens is 3. The van der Waals surface area contributed by atoms with E-state index in [4.69, 9.17) is 0 Å². The largest absolute Gasteiger partial charge is 0.272 e. The third kappa shape index (κ3) is 2.44. The Morgan fingerprint density at radius 3 is 1.38 bits per heavy atom. The Balaban J connectivity index is 1.67. The van der Waals surface area contributed by atoms with Gasteiger partial charge in [0.25, 0.3) is 11.1 Å². The molecule has 40 heavy (non-hydrogen) atoms. The molecular weight excluding hydrogens is 494 g/mol. The van der Waals surface area contributed by atoms with Crippen molar-refractivity contribution < 1.29 is 0 Å². The minimum Gasteiger partial charge on any atom is -0.272 e. The van der Waals surface area contributed by atoms with E-state index in [1.165, 1.54) is 9.95 Å². The Hall–Kier alpha value is -5.16. The molecule has 0 N–H and O–H groups in total. The first-order valence-corrected chi connectivity index (χ1v) is 13.5. The summed E-state index contributed by atoms with van der Waals surface area (Å²) in [7, 11) is 0. The van der Waals surface area contributed by atoms with Crippen LogP contribution in [0, 0.1) is 0 Å². The molecule has 6 aromatic carbocycles. The van der Waals surface area contributed by atoms with Crippen LogP contribution in [0.15, 0.2) is 95.0 Å². The molecule has 0 bridgehead atoms. The Morgan fingerprint density at radius 2 is 0.950 bits per heavy atom. The standard InChI is InChI=1S/C35H21N3O2/c1-17(2)38-34(39)32-25-15-23(18-7-11-36-12-8-18)21-5-3-20-4-6-22-24(19-9-13-37-14-10-19)16-26(33(32)35(38)40)31-29(22)27(20)28(21)30(25)31/h3-17H,1-2H3. The third-order valence-corrected chi connectivity index (χ3v) is 8.79. The maximum atomic E-state index is 14.1. The lowest BCUT2D eigenvalue weighted by Gasteiger charge is -2.12. The highest BCUT2D eigenvalue weighted by Crippen LogP contribution is 2.53. The molecule has 5 nitrogen and oxygen atoms in total. The van der Waals surface area contributed by atoms with Crippen LogP contribution in [0.25, 0.3) is 86.9 Å². The number of hydrogen-bond donors (Lipinski definition) is 0. The first-order chi connectivity index (χ1) is 19.5. The molecule has 0 saturated carbocycles. The predicted molar refractivity (Wildman–Crippen MR) is 164 cm³/mol. The Kier molecular flexibility index (Phi) is 3.95. The highest BCUT2D eigenvalue weighted by Gasteiger charge is 2.29. The Labute approximate surface area is 227 Å². The fourth-order valence-corrected chi connectivity index (χ4v) is 7.21. The van der Waals surface area contributed by atoms with Gasteiger partial charge in [0.2, 0.25) is 0 Å². The molecule has 0 saturated heterocycles. The molecule has 0 atom stereocenters. The van der Waals surface area contributed by atoms with Crippen LogP contribution in [-0.4, -0.2) is 14.5 Å². The average molecular weight is 516 g/mol. The summed E-state index contributed by atoms with van der Waals surface area (Å²) >= 11 is 0. The lowest BCUT2D eigenvalue weighted by Crippen LogP contribution is -2.27. The molecule has 0 radical (unpaired) electrons. The summed E-state index contributed by atoms with van der Waals surface area (Å²) < 4.78 is 1.42. The van der Waals surface area contributed by atoms with Crippen molar-refractivity contribution in [2.45, 2.75) is 19.9 Å². The fraction of sp³-hybridized carbons (Fsp3) is 0.0857. The molecule has 0 unspecified atom stereocenters. The van der Waals surface area contributed by atoms with Crippen molar-refractivity contribution in [2.24, 2.45) is 0 Å². The van der Waals surface area contributed by atoms with Gasteiger partial charge in [0, 0.05) is 30.8 Å². The van der Waals surface area contributed by atoms with Crippen LogP contribution in [0.4, 0.5) is 0 Å². The van der Waals surface area contributed by atoms with E-state index < -0.39 is 0 Å². The van der Waals surface area contributed by atoms with Gasteiger partial charge in [0.05, 0.1) is 10.8 Å². The van der Waals surface area contributed by atoms with Crippen LogP contribution in [0.1, 0.15) is 19.9 Å². The molecule has 0 amide bonds. The second kappa shape index (κ2) is 7.27. The molecule has 3 aromatic heterocycles. The molecule has 5 heteroatoms. The van der Waals surface area contributed by atoms with E-state index in [2.05, 4.69) is 46.4 Å². The number of fused-ring (bicyclic) bond motifs is 3. The van der Waals surface area contributed by atoms with Gasteiger partial charge >= 0.3 is 0 Å². The molecule has 188 valence electrons. The Bertz CT molecular complexity index is 2360. The number of nitrogens with zero attached hydrogens (tertiary/aromatic N) is 3. The number of pyridine rings is 2. The molecule has 9 aromatic rings. The third-order valence-electron chi connectivity index (χ3n) is 8.79. The van der Waals surface area contributed by atoms with E-state index in [9.17, 15) is 9.59 Å². The number of hydrogen-bond acceptors (Lipinski definition) is 4. The van der Waals surface area contributed by atoms with Crippen molar-refractivity contribution in [3.63, 3.8) is 0 Å². The van der Waals surface area contributed by atoms with Crippen molar-refractivity contribution in [3.8, 4) is 22.3 Å². The van der Waals surface area contributed by atoms with Crippen LogP contribution in [0.3, 0.4) is 0 Å². The van der Waals surface area contributed by atoms with Crippen molar-refractivity contribution in [1.29, 1.82) is 0 Å². The molecule has 0 fully saturated rings. The first kappa shape index (κ1) is 21.7. The van der Waals surface area contributed by atoms with Crippen molar-refractivity contribution in [2.75, 3.05) is 0 Å². The molecule has 0 spiro atoms. The van der Waals surface area contributed by atoms with Crippen LogP contribution in [-0.2, 0) is 0 Å². The summed E-state index contributed by atoms with van der Waals surface area (Å²) in [5, 5.41) is 11.8. The maximum Gasteiger partial charge on any atom is 0.262 e. The molecular formula is C35H21N3O2. The van der Waals surface area contributed by atoms with Gasteiger partial charge in [-0.1, -0.05) is 24.3 Å². The second-order valence-corrected chi connectivity index (χ2v) is 11.1. The quantitative estimate of drug-likeness (QED) is 0.228. The summed E-state index contributed by atoms with van der Waals surface area (Å²) in [6.45, 7) is 3.80. The summed E-state index contributed by atoms with van der Waals surface area (Å²) in [5.41, 5.74) is 3.70. The minimum absolute atomic E-state index is 0.217. The van der Waals surface area contributed by atoms with E-state index in [-0.39, 0.29) is 17.2 Å². The van der Waals surface area contributed by atoms with Crippen LogP contribution in [0.5, 0.6) is 0 Å². The van der Waals surface area contributed by atoms with Gasteiger partial charge in [-0.3, -0.25) is 24.1 Å². The highest BCUT2D eigenvalue weighted by molar-refractivity contribution is 6.49. The van der Waals surface area contributed by atoms with Gasteiger partial charge in [0.1, 0.15) is 0 Å². The smallest absolute Gasteiger partial charge is 0.262 e. The summed E-state index contributed by atoms with van der Waals surface area (Å²) in [6, 6.07) is 20.8. The zero-order valence-corrected chi connectivity index (χ0v) is 21.8. The van der Waals surface area contributed by atoms with E-state index in [1.807, 2.05) is 38.1 Å². The second-order valence-electron chi connectivity index (χ2n) is 11.1. The monoisotopic (exact) mass is 515 g/mol. The summed E-state index contributed by atoms with van der Waals surface area (Å²) in [4.78, 5) is 36.6. The lowest BCUT2D eigenvalue weighted by atomic mass is 9.89. The zero-order chi connectivity index (χ0) is 26.9. The van der Waals surface area contributed by atoms with Gasteiger partial charge in [0.15, 0.2) is 0 Å². The summed E-state index contributed by atoms with van der Waals surface area (Å²) in [6.07, 6.45) is 7.18. The van der Waals surface area contributed by atoms with E-state index in [1.54, 1.807) is 24.8 Å². The van der Waals surface area contributed by atoms with Crippen molar-refractivity contribution in [1.82, 2.24) is 14.5 Å². The average Bonchev–Trinajstić information content (AvgIpc) is 3.48. The van der Waals surface area contributed by atoms with E-state index in [0.717, 1.165) is 70.7 Å². The van der Waals surface area contributed by atoms with Crippen molar-refractivity contribution >= 4 is 64.6 Å². The van der Waals surface area contributed by atoms with Gasteiger partial charge in [-0.25, -0.2) is 0 Å². The zero-order valence-electron chi connectivity index (χ0n) is 21.8. The maximum absolute atomic E-state index is 14.1.